The van der Waals surface area contributed by atoms with Crippen molar-refractivity contribution in [2.45, 2.75) is 51.2 Å². The molecule has 1 unspecified atom stereocenters. The highest BCUT2D eigenvalue weighted by molar-refractivity contribution is 5.81. The molecule has 22 heavy (non-hydrogen) atoms. The summed E-state index contributed by atoms with van der Waals surface area (Å²) in [7, 11) is 1.79. The molecule has 1 aromatic carbocycles. The van der Waals surface area contributed by atoms with Gasteiger partial charge in [-0.1, -0.05) is 31.4 Å². The molecule has 1 saturated carbocycles. The van der Waals surface area contributed by atoms with E-state index in [0.29, 0.717) is 0 Å². The fourth-order valence-corrected chi connectivity index (χ4v) is 2.88. The number of likely N-dealkylation sites (N-methyl/N-ethyl adjacent to an activating group) is 1. The molecule has 0 heterocycles. The summed E-state index contributed by atoms with van der Waals surface area (Å²) in [5.74, 6) is -0.00422. The van der Waals surface area contributed by atoms with Gasteiger partial charge in [0.1, 0.15) is 0 Å². The molecule has 1 aliphatic carbocycles. The Hall–Kier alpha value is -2.11. The highest BCUT2D eigenvalue weighted by atomic mass is 16.6. The van der Waals surface area contributed by atoms with Gasteiger partial charge in [0.25, 0.3) is 5.91 Å². The topological polar surface area (TPSA) is 72.7 Å². The number of para-hydroxylation sites is 2. The zero-order valence-corrected chi connectivity index (χ0v) is 13.0. The lowest BCUT2D eigenvalue weighted by Crippen LogP contribution is -2.44. The van der Waals surface area contributed by atoms with Gasteiger partial charge >= 0.3 is 5.69 Å². The van der Waals surface area contributed by atoms with Crippen molar-refractivity contribution in [1.82, 2.24) is 4.90 Å². The zero-order valence-electron chi connectivity index (χ0n) is 13.0. The van der Waals surface area contributed by atoms with Crippen LogP contribution in [0, 0.1) is 10.1 Å². The minimum absolute atomic E-state index is 0.123. The molecule has 0 radical (unpaired) electrons. The van der Waals surface area contributed by atoms with E-state index in [2.05, 4.69) is 0 Å². The Labute approximate surface area is 130 Å². The molecule has 0 aromatic heterocycles. The molecule has 0 N–H and O–H groups in total. The summed E-state index contributed by atoms with van der Waals surface area (Å²) in [5, 5.41) is 11.0. The average Bonchev–Trinajstić information content (AvgIpc) is 2.54. The lowest BCUT2D eigenvalue weighted by molar-refractivity contribution is -0.386. The molecule has 1 aliphatic rings. The van der Waals surface area contributed by atoms with Gasteiger partial charge in [0.05, 0.1) is 4.92 Å². The Morgan fingerprint density at radius 3 is 2.59 bits per heavy atom. The van der Waals surface area contributed by atoms with Crippen molar-refractivity contribution in [3.63, 3.8) is 0 Å². The van der Waals surface area contributed by atoms with E-state index in [1.54, 1.807) is 31.0 Å². The number of ether oxygens (including phenoxy) is 1. The second-order valence-electron chi connectivity index (χ2n) is 5.73. The highest BCUT2D eigenvalue weighted by Crippen LogP contribution is 2.28. The SMILES string of the molecule is CC(Oc1ccccc1[N+](=O)[O-])C(=O)N(C)C1CCCCC1. The minimum atomic E-state index is -0.743. The first-order chi connectivity index (χ1) is 10.5. The number of hydrogen-bond acceptors (Lipinski definition) is 4. The van der Waals surface area contributed by atoms with E-state index in [-0.39, 0.29) is 23.4 Å². The van der Waals surface area contributed by atoms with Crippen LogP contribution in [-0.4, -0.2) is 34.9 Å². The van der Waals surface area contributed by atoms with Crippen LogP contribution in [0.2, 0.25) is 0 Å². The summed E-state index contributed by atoms with van der Waals surface area (Å²) >= 11 is 0. The molecule has 1 amide bonds. The molecule has 0 bridgehead atoms. The van der Waals surface area contributed by atoms with Gasteiger partial charge in [-0.15, -0.1) is 0 Å². The van der Waals surface area contributed by atoms with Gasteiger partial charge < -0.3 is 9.64 Å². The minimum Gasteiger partial charge on any atom is -0.474 e. The Bertz CT molecular complexity index is 541. The summed E-state index contributed by atoms with van der Waals surface area (Å²) < 4.78 is 5.55. The molecule has 1 atom stereocenters. The van der Waals surface area contributed by atoms with E-state index in [4.69, 9.17) is 4.74 Å². The van der Waals surface area contributed by atoms with Crippen LogP contribution in [0.4, 0.5) is 5.69 Å². The molecule has 6 nitrogen and oxygen atoms in total. The number of nitro groups is 1. The second-order valence-corrected chi connectivity index (χ2v) is 5.73. The molecular weight excluding hydrogens is 284 g/mol. The number of amides is 1. The maximum Gasteiger partial charge on any atom is 0.310 e. The molecule has 1 aromatic rings. The van der Waals surface area contributed by atoms with Gasteiger partial charge in [-0.2, -0.15) is 0 Å². The molecule has 0 saturated heterocycles. The number of benzene rings is 1. The third-order valence-electron chi connectivity index (χ3n) is 4.18. The molecular formula is C16H22N2O4. The average molecular weight is 306 g/mol. The Morgan fingerprint density at radius 1 is 1.32 bits per heavy atom. The van der Waals surface area contributed by atoms with Gasteiger partial charge in [0.2, 0.25) is 0 Å². The lowest BCUT2D eigenvalue weighted by atomic mass is 9.94. The predicted octanol–water partition coefficient (Wildman–Crippen LogP) is 3.15. The molecule has 2 rings (SSSR count). The third-order valence-corrected chi connectivity index (χ3v) is 4.18. The maximum absolute atomic E-state index is 12.5. The van der Waals surface area contributed by atoms with E-state index < -0.39 is 11.0 Å². The Balaban J connectivity index is 2.03. The zero-order chi connectivity index (χ0) is 16.1. The van der Waals surface area contributed by atoms with Crippen LogP contribution >= 0.6 is 0 Å². The number of carbonyl (C=O) groups excluding carboxylic acids is 1. The summed E-state index contributed by atoms with van der Waals surface area (Å²) in [5.41, 5.74) is -0.123. The lowest BCUT2D eigenvalue weighted by Gasteiger charge is -2.32. The first kappa shape index (κ1) is 16.3. The van der Waals surface area contributed by atoms with E-state index in [0.717, 1.165) is 25.7 Å². The van der Waals surface area contributed by atoms with Crippen molar-refractivity contribution in [3.05, 3.63) is 34.4 Å². The van der Waals surface area contributed by atoms with Crippen molar-refractivity contribution in [2.75, 3.05) is 7.05 Å². The molecule has 1 fully saturated rings. The third kappa shape index (κ3) is 3.75. The fraction of sp³-hybridized carbons (Fsp3) is 0.562. The van der Waals surface area contributed by atoms with Crippen LogP contribution in [0.1, 0.15) is 39.0 Å². The number of carbonyl (C=O) groups is 1. The number of nitro benzene ring substituents is 1. The summed E-state index contributed by atoms with van der Waals surface area (Å²) in [4.78, 5) is 24.7. The quantitative estimate of drug-likeness (QED) is 0.619. The highest BCUT2D eigenvalue weighted by Gasteiger charge is 2.28. The maximum atomic E-state index is 12.5. The smallest absolute Gasteiger partial charge is 0.310 e. The fourth-order valence-electron chi connectivity index (χ4n) is 2.88. The number of hydrogen-bond donors (Lipinski definition) is 0. The second kappa shape index (κ2) is 7.24. The van der Waals surface area contributed by atoms with Crippen LogP contribution in [0.5, 0.6) is 5.75 Å². The van der Waals surface area contributed by atoms with E-state index in [1.165, 1.54) is 18.6 Å². The molecule has 6 heteroatoms. The van der Waals surface area contributed by atoms with Gasteiger partial charge in [-0.3, -0.25) is 14.9 Å². The van der Waals surface area contributed by atoms with E-state index >= 15 is 0 Å². The van der Waals surface area contributed by atoms with E-state index in [9.17, 15) is 14.9 Å². The summed E-state index contributed by atoms with van der Waals surface area (Å²) in [6.45, 7) is 1.64. The Kier molecular flexibility index (Phi) is 5.35. The number of nitrogens with zero attached hydrogens (tertiary/aromatic N) is 2. The molecule has 0 spiro atoms. The van der Waals surface area contributed by atoms with Gasteiger partial charge in [-0.05, 0) is 25.8 Å². The summed E-state index contributed by atoms with van der Waals surface area (Å²) in [6.07, 6.45) is 4.79. The van der Waals surface area contributed by atoms with Crippen molar-refractivity contribution in [3.8, 4) is 5.75 Å². The van der Waals surface area contributed by atoms with Crippen LogP contribution < -0.4 is 4.74 Å². The monoisotopic (exact) mass is 306 g/mol. The molecule has 120 valence electrons. The number of rotatable bonds is 5. The van der Waals surface area contributed by atoms with Gasteiger partial charge in [0, 0.05) is 19.2 Å². The standard InChI is InChI=1S/C16H22N2O4/c1-12(16(19)17(2)13-8-4-3-5-9-13)22-15-11-7-6-10-14(15)18(20)21/h6-7,10-13H,3-5,8-9H2,1-2H3. The van der Waals surface area contributed by atoms with Crippen LogP contribution in [0.25, 0.3) is 0 Å². The first-order valence-electron chi connectivity index (χ1n) is 7.67. The molecule has 0 aliphatic heterocycles. The first-order valence-corrected chi connectivity index (χ1v) is 7.67. The van der Waals surface area contributed by atoms with Crippen molar-refractivity contribution in [1.29, 1.82) is 0 Å². The predicted molar refractivity (Wildman–Crippen MR) is 82.8 cm³/mol. The van der Waals surface area contributed by atoms with Crippen molar-refractivity contribution in [2.24, 2.45) is 0 Å². The van der Waals surface area contributed by atoms with Crippen LogP contribution in [0.15, 0.2) is 24.3 Å². The van der Waals surface area contributed by atoms with Crippen molar-refractivity contribution < 1.29 is 14.5 Å². The van der Waals surface area contributed by atoms with Crippen LogP contribution in [0.3, 0.4) is 0 Å². The van der Waals surface area contributed by atoms with E-state index in [1.807, 2.05) is 0 Å². The van der Waals surface area contributed by atoms with Gasteiger partial charge in [0.15, 0.2) is 11.9 Å². The largest absolute Gasteiger partial charge is 0.474 e. The van der Waals surface area contributed by atoms with Gasteiger partial charge in [-0.25, -0.2) is 0 Å². The summed E-state index contributed by atoms with van der Waals surface area (Å²) in [6, 6.07) is 6.37. The Morgan fingerprint density at radius 2 is 1.95 bits per heavy atom. The van der Waals surface area contributed by atoms with Crippen molar-refractivity contribution >= 4 is 11.6 Å². The normalized spacial score (nSPS) is 16.8. The van der Waals surface area contributed by atoms with Crippen LogP contribution in [-0.2, 0) is 4.79 Å².